The molecule has 33 heavy (non-hydrogen) atoms. The summed E-state index contributed by atoms with van der Waals surface area (Å²) in [4.78, 5) is 6.68. The van der Waals surface area contributed by atoms with Gasteiger partial charge in [0.25, 0.3) is 0 Å². The highest BCUT2D eigenvalue weighted by Crippen LogP contribution is 2.43. The van der Waals surface area contributed by atoms with Gasteiger partial charge in [0.15, 0.2) is 5.11 Å². The lowest BCUT2D eigenvalue weighted by Gasteiger charge is -2.29. The third-order valence-corrected chi connectivity index (χ3v) is 6.35. The van der Waals surface area contributed by atoms with Gasteiger partial charge in [-0.05, 0) is 67.9 Å². The fraction of sp³-hybridized carbons (Fsp3) is 0.360. The van der Waals surface area contributed by atoms with Crippen LogP contribution < -0.4 is 5.32 Å². The molecule has 0 bridgehead atoms. The summed E-state index contributed by atoms with van der Waals surface area (Å²) in [6, 6.07) is 13.0. The quantitative estimate of drug-likeness (QED) is 0.453. The highest BCUT2D eigenvalue weighted by atomic mass is 32.1. The van der Waals surface area contributed by atoms with E-state index in [4.69, 9.17) is 12.2 Å². The van der Waals surface area contributed by atoms with Crippen molar-refractivity contribution in [1.29, 1.82) is 0 Å². The van der Waals surface area contributed by atoms with Crippen LogP contribution in [-0.2, 0) is 6.18 Å². The van der Waals surface area contributed by atoms with Crippen molar-refractivity contribution in [2.24, 2.45) is 5.92 Å². The van der Waals surface area contributed by atoms with E-state index in [1.54, 1.807) is 16.8 Å². The van der Waals surface area contributed by atoms with Crippen LogP contribution in [0.25, 0.3) is 5.69 Å². The number of nitrogens with one attached hydrogen (secondary N) is 1. The first kappa shape index (κ1) is 23.3. The Morgan fingerprint density at radius 2 is 1.79 bits per heavy atom. The first-order valence-corrected chi connectivity index (χ1v) is 11.3. The number of hydrogen-bond acceptors (Lipinski definition) is 2. The molecule has 1 fully saturated rings. The highest BCUT2D eigenvalue weighted by Gasteiger charge is 2.42. The molecule has 1 saturated heterocycles. The zero-order valence-corrected chi connectivity index (χ0v) is 19.8. The largest absolute Gasteiger partial charge is 0.418 e. The molecule has 4 rings (SSSR count). The second-order valence-corrected chi connectivity index (χ2v) is 9.24. The Morgan fingerprint density at radius 3 is 2.42 bits per heavy atom. The SMILES string of the molecule is Cc1cc([C@@H]2[C@@H](c3ccccn3)NC(=S)N2CC(C)C)c(C)n1-c1ccccc1C(F)(F)F. The highest BCUT2D eigenvalue weighted by molar-refractivity contribution is 7.80. The molecule has 0 saturated carbocycles. The van der Waals surface area contributed by atoms with Gasteiger partial charge in [-0.3, -0.25) is 4.98 Å². The molecule has 1 aliphatic heterocycles. The van der Waals surface area contributed by atoms with Crippen LogP contribution in [0.4, 0.5) is 13.2 Å². The topological polar surface area (TPSA) is 33.1 Å². The lowest BCUT2D eigenvalue weighted by molar-refractivity contribution is -0.137. The summed E-state index contributed by atoms with van der Waals surface area (Å²) < 4.78 is 43.1. The Kier molecular flexibility index (Phi) is 6.22. The molecule has 0 unspecified atom stereocenters. The fourth-order valence-corrected chi connectivity index (χ4v) is 5.02. The molecule has 1 aromatic carbocycles. The van der Waals surface area contributed by atoms with E-state index in [2.05, 4.69) is 29.0 Å². The Bertz CT molecular complexity index is 1150. The average Bonchev–Trinajstić information content (AvgIpc) is 3.23. The van der Waals surface area contributed by atoms with Gasteiger partial charge in [0.05, 0.1) is 29.0 Å². The first-order chi connectivity index (χ1) is 15.6. The maximum atomic E-state index is 13.8. The van der Waals surface area contributed by atoms with Gasteiger partial charge in [0.2, 0.25) is 0 Å². The van der Waals surface area contributed by atoms with Crippen molar-refractivity contribution in [1.82, 2.24) is 19.8 Å². The van der Waals surface area contributed by atoms with Gasteiger partial charge in [-0.1, -0.05) is 32.0 Å². The number of thiocarbonyl (C=S) groups is 1. The number of aryl methyl sites for hydroxylation is 1. The van der Waals surface area contributed by atoms with Crippen molar-refractivity contribution in [3.05, 3.63) is 82.9 Å². The summed E-state index contributed by atoms with van der Waals surface area (Å²) in [5.41, 5.74) is 2.75. The average molecular weight is 473 g/mol. The molecule has 3 heterocycles. The number of alkyl halides is 3. The summed E-state index contributed by atoms with van der Waals surface area (Å²) in [6.45, 7) is 8.68. The molecule has 0 radical (unpaired) electrons. The molecule has 1 aliphatic rings. The second kappa shape index (κ2) is 8.82. The minimum Gasteiger partial charge on any atom is -0.352 e. The van der Waals surface area contributed by atoms with Gasteiger partial charge in [-0.15, -0.1) is 0 Å². The van der Waals surface area contributed by atoms with Crippen molar-refractivity contribution in [2.75, 3.05) is 6.54 Å². The van der Waals surface area contributed by atoms with Crippen LogP contribution in [0.5, 0.6) is 0 Å². The van der Waals surface area contributed by atoms with Crippen LogP contribution >= 0.6 is 12.2 Å². The third-order valence-electron chi connectivity index (χ3n) is 6.00. The molecule has 8 heteroatoms. The molecule has 4 nitrogen and oxygen atoms in total. The minimum absolute atomic E-state index is 0.129. The van der Waals surface area contributed by atoms with E-state index in [0.717, 1.165) is 35.3 Å². The molecular weight excluding hydrogens is 445 g/mol. The van der Waals surface area contributed by atoms with Gasteiger partial charge < -0.3 is 14.8 Å². The number of hydrogen-bond donors (Lipinski definition) is 1. The smallest absolute Gasteiger partial charge is 0.352 e. The van der Waals surface area contributed by atoms with E-state index in [1.165, 1.54) is 12.1 Å². The molecule has 2 atom stereocenters. The fourth-order valence-electron chi connectivity index (χ4n) is 4.70. The number of benzene rings is 1. The van der Waals surface area contributed by atoms with Crippen LogP contribution in [-0.4, -0.2) is 26.1 Å². The summed E-state index contributed by atoms with van der Waals surface area (Å²) >= 11 is 5.69. The zero-order valence-electron chi connectivity index (χ0n) is 19.0. The number of nitrogens with zero attached hydrogens (tertiary/aromatic N) is 3. The standard InChI is InChI=1S/C25H27F3N4S/c1-15(2)14-31-23(22(30-24(31)33)20-10-7-8-12-29-20)18-13-16(3)32(17(18)4)21-11-6-5-9-19(21)25(26,27)28/h5-13,15,22-23H,14H2,1-4H3,(H,30,33)/t22-,23-/m1/s1. The van der Waals surface area contributed by atoms with Gasteiger partial charge in [0.1, 0.15) is 0 Å². The zero-order chi connectivity index (χ0) is 23.9. The third kappa shape index (κ3) is 4.36. The van der Waals surface area contributed by atoms with Gasteiger partial charge >= 0.3 is 6.18 Å². The van der Waals surface area contributed by atoms with Gasteiger partial charge in [-0.25, -0.2) is 0 Å². The van der Waals surface area contributed by atoms with Crippen LogP contribution in [0, 0.1) is 19.8 Å². The predicted molar refractivity (Wildman–Crippen MR) is 127 cm³/mol. The summed E-state index contributed by atoms with van der Waals surface area (Å²) in [5.74, 6) is 0.351. The molecule has 3 aromatic rings. The molecule has 174 valence electrons. The molecule has 2 aromatic heterocycles. The van der Waals surface area contributed by atoms with Crippen molar-refractivity contribution < 1.29 is 13.2 Å². The summed E-state index contributed by atoms with van der Waals surface area (Å²) in [5, 5.41) is 4.04. The first-order valence-electron chi connectivity index (χ1n) is 10.9. The lowest BCUT2D eigenvalue weighted by atomic mass is 9.96. The number of rotatable bonds is 5. The van der Waals surface area contributed by atoms with Gasteiger partial charge in [0, 0.05) is 24.1 Å². The van der Waals surface area contributed by atoms with Crippen LogP contribution in [0.3, 0.4) is 0 Å². The Hall–Kier alpha value is -2.87. The van der Waals surface area contributed by atoms with E-state index in [9.17, 15) is 13.2 Å². The number of para-hydroxylation sites is 1. The summed E-state index contributed by atoms with van der Waals surface area (Å²) in [7, 11) is 0. The Balaban J connectivity index is 1.88. The van der Waals surface area contributed by atoms with Gasteiger partial charge in [-0.2, -0.15) is 13.2 Å². The predicted octanol–water partition coefficient (Wildman–Crippen LogP) is 6.14. The van der Waals surface area contributed by atoms with E-state index < -0.39 is 11.7 Å². The summed E-state index contributed by atoms with van der Waals surface area (Å²) in [6.07, 6.45) is -2.71. The molecule has 1 N–H and O–H groups in total. The maximum Gasteiger partial charge on any atom is 0.418 e. The monoisotopic (exact) mass is 472 g/mol. The van der Waals surface area contributed by atoms with Crippen molar-refractivity contribution in [3.8, 4) is 5.69 Å². The Labute approximate surface area is 197 Å². The molecule has 0 amide bonds. The Morgan fingerprint density at radius 1 is 1.09 bits per heavy atom. The minimum atomic E-state index is -4.45. The normalized spacial score (nSPS) is 18.8. The van der Waals surface area contributed by atoms with E-state index in [-0.39, 0.29) is 17.8 Å². The second-order valence-electron chi connectivity index (χ2n) is 8.85. The maximum absolute atomic E-state index is 13.8. The van der Waals surface area contributed by atoms with E-state index in [1.807, 2.05) is 38.1 Å². The van der Waals surface area contributed by atoms with Crippen molar-refractivity contribution in [3.63, 3.8) is 0 Å². The number of halogens is 3. The number of aromatic nitrogens is 2. The molecule has 0 aliphatic carbocycles. The molecular formula is C25H27F3N4S. The van der Waals surface area contributed by atoms with Crippen LogP contribution in [0.2, 0.25) is 0 Å². The van der Waals surface area contributed by atoms with E-state index in [0.29, 0.717) is 11.0 Å². The van der Waals surface area contributed by atoms with Crippen LogP contribution in [0.15, 0.2) is 54.7 Å². The van der Waals surface area contributed by atoms with Crippen molar-refractivity contribution in [2.45, 2.75) is 46.0 Å². The number of pyridine rings is 1. The lowest BCUT2D eigenvalue weighted by Crippen LogP contribution is -2.33. The van der Waals surface area contributed by atoms with Crippen molar-refractivity contribution >= 4 is 17.3 Å². The molecule has 0 spiro atoms. The van der Waals surface area contributed by atoms with Crippen LogP contribution in [0.1, 0.15) is 54.1 Å². The van der Waals surface area contributed by atoms with E-state index >= 15 is 0 Å².